The van der Waals surface area contributed by atoms with Crippen LogP contribution in [0.2, 0.25) is 0 Å². The molecule has 0 heterocycles. The number of nitrogens with zero attached hydrogens (tertiary/aromatic N) is 1. The van der Waals surface area contributed by atoms with Crippen molar-refractivity contribution in [3.63, 3.8) is 0 Å². The van der Waals surface area contributed by atoms with Crippen molar-refractivity contribution >= 4 is 11.6 Å². The van der Waals surface area contributed by atoms with Crippen molar-refractivity contribution < 1.29 is 6.22 Å². The molecule has 0 aromatic carbocycles. The second-order valence-corrected chi connectivity index (χ2v) is 6.14. The molecule has 1 aliphatic carbocycles. The fraction of sp³-hybridized carbons (Fsp3) is 0.684. The first-order chi connectivity index (χ1) is 10.5. The van der Waals surface area contributed by atoms with Gasteiger partial charge < -0.3 is 5.32 Å². The highest BCUT2D eigenvalue weighted by Gasteiger charge is 2.38. The molecule has 128 valence electrons. The number of rotatable bonds is 7. The van der Waals surface area contributed by atoms with Crippen molar-refractivity contribution in [2.75, 3.05) is 6.54 Å². The Morgan fingerprint density at radius 2 is 2.00 bits per heavy atom. The van der Waals surface area contributed by atoms with Gasteiger partial charge in [0.15, 0.2) is 0 Å². The summed E-state index contributed by atoms with van der Waals surface area (Å²) in [6.45, 7) is 18.6. The van der Waals surface area contributed by atoms with E-state index in [2.05, 4.69) is 44.2 Å². The molecule has 1 aliphatic rings. The molecule has 0 spiro atoms. The number of carbonyl (C=O) groups excluding carboxylic acids is 1. The molecule has 0 aromatic rings. The molecule has 1 fully saturated rings. The summed E-state index contributed by atoms with van der Waals surface area (Å²) in [5.74, 6) is 2.13. The molecule has 1 N–H and O–H groups in total. The summed E-state index contributed by atoms with van der Waals surface area (Å²) in [6, 6.07) is 0. The highest BCUT2D eigenvalue weighted by Crippen LogP contribution is 2.40. The summed E-state index contributed by atoms with van der Waals surface area (Å²) in [4.78, 5) is 16.4. The maximum absolute atomic E-state index is 12.3. The van der Waals surface area contributed by atoms with Gasteiger partial charge in [0, 0.05) is 32.2 Å². The predicted molar refractivity (Wildman–Crippen MR) is 99.1 cm³/mol. The van der Waals surface area contributed by atoms with Crippen LogP contribution < -0.4 is 5.32 Å². The van der Waals surface area contributed by atoms with Crippen LogP contribution in [0.25, 0.3) is 0 Å². The minimum atomic E-state index is 0. The van der Waals surface area contributed by atoms with Gasteiger partial charge in [0.1, 0.15) is 0 Å². The molecule has 0 radical (unpaired) electrons. The number of aliphatic imine (C=N–C) groups is 1. The Morgan fingerprint density at radius 1 is 1.36 bits per heavy atom. The number of carbonyl (C=O) groups is 1. The van der Waals surface area contributed by atoms with Gasteiger partial charge in [0.05, 0.1) is 0 Å². The molecular weight excluding hydrogens is 272 g/mol. The van der Waals surface area contributed by atoms with Gasteiger partial charge in [-0.15, -0.1) is 0 Å². The lowest BCUT2D eigenvalue weighted by atomic mass is 9.85. The van der Waals surface area contributed by atoms with E-state index in [9.17, 15) is 4.79 Å². The number of nitrogens with one attached hydrogen (secondary N) is 1. The lowest BCUT2D eigenvalue weighted by Gasteiger charge is -2.22. The first kappa shape index (κ1) is 20.6. The minimum Gasteiger partial charge on any atom is -0.355 e. The Morgan fingerprint density at radius 3 is 2.50 bits per heavy atom. The lowest BCUT2D eigenvalue weighted by Crippen LogP contribution is -2.35. The second kappa shape index (κ2) is 11.2. The molecule has 3 heteroatoms. The monoisotopic (exact) mass is 308 g/mol. The molecule has 0 saturated heterocycles. The smallest absolute Gasteiger partial charge is 0.223 e. The zero-order valence-electron chi connectivity index (χ0n) is 15.1. The molecule has 1 amide bonds. The third-order valence-electron chi connectivity index (χ3n) is 4.21. The van der Waals surface area contributed by atoms with Crippen molar-refractivity contribution in [1.82, 2.24) is 5.32 Å². The number of hydrogen-bond donors (Lipinski definition) is 1. The van der Waals surface area contributed by atoms with Crippen LogP contribution in [0.5, 0.6) is 0 Å². The Kier molecular flexibility index (Phi) is 10.5. The average molecular weight is 309 g/mol. The first-order valence-corrected chi connectivity index (χ1v) is 8.57. The van der Waals surface area contributed by atoms with Gasteiger partial charge in [0.25, 0.3) is 0 Å². The van der Waals surface area contributed by atoms with E-state index in [1.165, 1.54) is 12.6 Å². The van der Waals surface area contributed by atoms with Gasteiger partial charge >= 0.3 is 0 Å². The molecule has 22 heavy (non-hydrogen) atoms. The summed E-state index contributed by atoms with van der Waals surface area (Å²) in [5, 5.41) is 3.05. The van der Waals surface area contributed by atoms with Crippen LogP contribution in [0, 0.1) is 23.7 Å². The molecular formula is C19H36N2O. The van der Waals surface area contributed by atoms with Gasteiger partial charge in [0.2, 0.25) is 5.91 Å². The Labute approximate surface area is 138 Å². The summed E-state index contributed by atoms with van der Waals surface area (Å²) in [6.07, 6.45) is 6.11. The number of hydrogen-bond acceptors (Lipinski definition) is 2. The number of allylic oxidation sites excluding steroid dienone is 1. The van der Waals surface area contributed by atoms with E-state index >= 15 is 0 Å². The maximum Gasteiger partial charge on any atom is 0.223 e. The largest absolute Gasteiger partial charge is 0.355 e. The zero-order valence-corrected chi connectivity index (χ0v) is 15.1. The highest BCUT2D eigenvalue weighted by molar-refractivity contribution is 5.95. The van der Waals surface area contributed by atoms with Crippen LogP contribution in [0.15, 0.2) is 30.4 Å². The second-order valence-electron chi connectivity index (χ2n) is 6.14. The van der Waals surface area contributed by atoms with Crippen LogP contribution in [0.1, 0.15) is 55.3 Å². The fourth-order valence-corrected chi connectivity index (χ4v) is 3.15. The van der Waals surface area contributed by atoms with E-state index in [-0.39, 0.29) is 13.3 Å². The van der Waals surface area contributed by atoms with Crippen molar-refractivity contribution in [3.8, 4) is 0 Å². The van der Waals surface area contributed by atoms with E-state index in [0.29, 0.717) is 30.7 Å². The van der Waals surface area contributed by atoms with Crippen LogP contribution in [-0.4, -0.2) is 18.2 Å². The molecule has 3 nitrogen and oxygen atoms in total. The van der Waals surface area contributed by atoms with Gasteiger partial charge in [-0.3, -0.25) is 9.79 Å². The first-order valence-electron chi connectivity index (χ1n) is 8.57. The van der Waals surface area contributed by atoms with Crippen molar-refractivity contribution in [1.29, 1.82) is 0 Å². The minimum absolute atomic E-state index is 0. The molecule has 3 unspecified atom stereocenters. The predicted octanol–water partition coefficient (Wildman–Crippen LogP) is 4.85. The van der Waals surface area contributed by atoms with E-state index in [0.717, 1.165) is 12.1 Å². The maximum atomic E-state index is 12.3. The quantitative estimate of drug-likeness (QED) is 0.671. The number of amides is 1. The molecule has 1 saturated carbocycles. The highest BCUT2D eigenvalue weighted by atomic mass is 16.1. The van der Waals surface area contributed by atoms with E-state index < -0.39 is 0 Å². The summed E-state index contributed by atoms with van der Waals surface area (Å²) in [7, 11) is 0. The lowest BCUT2D eigenvalue weighted by molar-refractivity contribution is -0.126. The fourth-order valence-electron chi connectivity index (χ4n) is 3.15. The van der Waals surface area contributed by atoms with Crippen LogP contribution in [-0.2, 0) is 4.79 Å². The van der Waals surface area contributed by atoms with Gasteiger partial charge in [-0.1, -0.05) is 47.8 Å². The Bertz CT molecular complexity index is 391. The van der Waals surface area contributed by atoms with E-state index in [4.69, 9.17) is 0 Å². The van der Waals surface area contributed by atoms with Crippen molar-refractivity contribution in [3.05, 3.63) is 25.4 Å². The summed E-state index contributed by atoms with van der Waals surface area (Å²) < 4.78 is 0. The van der Waals surface area contributed by atoms with Crippen LogP contribution >= 0.6 is 0 Å². The topological polar surface area (TPSA) is 41.5 Å². The van der Waals surface area contributed by atoms with E-state index in [1.54, 1.807) is 6.08 Å². The van der Waals surface area contributed by atoms with Gasteiger partial charge in [-0.05, 0) is 36.7 Å². The van der Waals surface area contributed by atoms with Gasteiger partial charge in [-0.2, -0.15) is 0 Å². The molecule has 0 aliphatic heterocycles. The van der Waals surface area contributed by atoms with Crippen molar-refractivity contribution in [2.24, 2.45) is 28.7 Å². The normalized spacial score (nSPS) is 24.5. The Hall–Kier alpha value is -1.38. The SMILES string of the molecule is C=CN=C(C=C)CCNC(=O)C1CC(C)CC1C(C)C.CC.[HH]. The van der Waals surface area contributed by atoms with Gasteiger partial charge in [-0.25, -0.2) is 0 Å². The zero-order chi connectivity index (χ0) is 17.1. The standard InChI is InChI=1S/C17H28N2O.C2H6.H2/c1-6-14(18-7-2)8-9-19-17(20)16-11-13(5)10-15(16)12(3)4;1-2;/h6-7,12-13,15-16H,1-2,8-11H2,3-5H3,(H,19,20);1-2H3;1H. The van der Waals surface area contributed by atoms with E-state index in [1.807, 2.05) is 13.8 Å². The average Bonchev–Trinajstić information content (AvgIpc) is 2.90. The third kappa shape index (κ3) is 6.59. The Balaban J connectivity index is 0. The third-order valence-corrected chi connectivity index (χ3v) is 4.21. The van der Waals surface area contributed by atoms with Crippen molar-refractivity contribution in [2.45, 2.75) is 53.9 Å². The molecule has 1 rings (SSSR count). The molecule has 0 aromatic heterocycles. The van der Waals surface area contributed by atoms with Crippen LogP contribution in [0.3, 0.4) is 0 Å². The van der Waals surface area contributed by atoms with Crippen LogP contribution in [0.4, 0.5) is 0 Å². The summed E-state index contributed by atoms with van der Waals surface area (Å²) >= 11 is 0. The molecule has 3 atom stereocenters. The summed E-state index contributed by atoms with van der Waals surface area (Å²) in [5.41, 5.74) is 0.862. The molecule has 0 bridgehead atoms.